The van der Waals surface area contributed by atoms with Crippen molar-refractivity contribution < 1.29 is 8.42 Å². The molecule has 16 heavy (non-hydrogen) atoms. The van der Waals surface area contributed by atoms with Crippen LogP contribution in [0.2, 0.25) is 0 Å². The molecule has 6 heteroatoms. The third kappa shape index (κ3) is 3.69. The topological polar surface area (TPSA) is 75.4 Å². The molecular weight excluding hydrogens is 226 g/mol. The molecule has 0 amide bonds. The number of rotatable bonds is 2. The van der Waals surface area contributed by atoms with Crippen molar-refractivity contribution in [1.82, 2.24) is 9.03 Å². The monoisotopic (exact) mass is 249 g/mol. The van der Waals surface area contributed by atoms with Gasteiger partial charge in [-0.2, -0.15) is 17.4 Å². The number of nitrogens with zero attached hydrogens (tertiary/aromatic N) is 1. The van der Waals surface area contributed by atoms with Crippen molar-refractivity contribution in [2.45, 2.75) is 45.7 Å². The Balaban J connectivity index is 2.71. The van der Waals surface area contributed by atoms with Crippen LogP contribution in [0.3, 0.4) is 0 Å². The normalized spacial score (nSPS) is 29.3. The smallest absolute Gasteiger partial charge is 0.279 e. The molecule has 0 bridgehead atoms. The molecule has 0 aromatic rings. The number of hydrogen-bond acceptors (Lipinski definition) is 3. The lowest BCUT2D eigenvalue weighted by Gasteiger charge is -2.35. The Hall–Kier alpha value is -0.170. The van der Waals surface area contributed by atoms with Crippen molar-refractivity contribution in [1.29, 1.82) is 0 Å². The Morgan fingerprint density at radius 3 is 2.38 bits per heavy atom. The van der Waals surface area contributed by atoms with E-state index >= 15 is 0 Å². The van der Waals surface area contributed by atoms with Crippen molar-refractivity contribution in [2.75, 3.05) is 13.1 Å². The molecule has 1 rings (SSSR count). The predicted molar refractivity (Wildman–Crippen MR) is 65.1 cm³/mol. The van der Waals surface area contributed by atoms with Crippen LogP contribution in [-0.2, 0) is 10.2 Å². The zero-order chi connectivity index (χ0) is 12.6. The van der Waals surface area contributed by atoms with Gasteiger partial charge < -0.3 is 5.73 Å². The van der Waals surface area contributed by atoms with Gasteiger partial charge in [-0.1, -0.05) is 6.92 Å². The van der Waals surface area contributed by atoms with Gasteiger partial charge in [0.2, 0.25) is 0 Å². The highest BCUT2D eigenvalue weighted by Gasteiger charge is 2.32. The molecule has 1 heterocycles. The Labute approximate surface area is 98.6 Å². The second kappa shape index (κ2) is 4.60. The molecule has 3 N–H and O–H groups in total. The van der Waals surface area contributed by atoms with Crippen LogP contribution in [0, 0.1) is 5.92 Å². The van der Waals surface area contributed by atoms with E-state index in [0.717, 1.165) is 6.42 Å². The molecule has 2 unspecified atom stereocenters. The molecule has 0 saturated carbocycles. The molecule has 0 aromatic heterocycles. The highest BCUT2D eigenvalue weighted by atomic mass is 32.2. The third-order valence-corrected chi connectivity index (χ3v) is 4.59. The van der Waals surface area contributed by atoms with Crippen LogP contribution in [0.15, 0.2) is 0 Å². The van der Waals surface area contributed by atoms with Gasteiger partial charge in [0, 0.05) is 24.7 Å². The quantitative estimate of drug-likeness (QED) is 0.738. The molecule has 2 atom stereocenters. The maximum Gasteiger partial charge on any atom is 0.279 e. The van der Waals surface area contributed by atoms with Crippen LogP contribution in [-0.4, -0.2) is 37.4 Å². The number of hydrogen-bond donors (Lipinski definition) is 2. The average molecular weight is 249 g/mol. The summed E-state index contributed by atoms with van der Waals surface area (Å²) in [5, 5.41) is 0. The standard InChI is InChI=1S/C10H23N3O2S/c1-8-7-13(6-5-9(8)11)16(14,15)12-10(2,3)4/h8-9,12H,5-7,11H2,1-4H3. The minimum Gasteiger partial charge on any atom is -0.327 e. The van der Waals surface area contributed by atoms with E-state index in [1.807, 2.05) is 27.7 Å². The van der Waals surface area contributed by atoms with E-state index in [-0.39, 0.29) is 12.0 Å². The lowest BCUT2D eigenvalue weighted by atomic mass is 9.96. The maximum absolute atomic E-state index is 12.0. The van der Waals surface area contributed by atoms with E-state index in [4.69, 9.17) is 5.73 Å². The average Bonchev–Trinajstić information content (AvgIpc) is 2.05. The van der Waals surface area contributed by atoms with Gasteiger partial charge in [-0.15, -0.1) is 0 Å². The molecule has 1 fully saturated rings. The first-order chi connectivity index (χ1) is 7.12. The van der Waals surface area contributed by atoms with Gasteiger partial charge in [0.1, 0.15) is 0 Å². The second-order valence-electron chi connectivity index (χ2n) is 5.64. The van der Waals surface area contributed by atoms with Gasteiger partial charge in [0.05, 0.1) is 0 Å². The lowest BCUT2D eigenvalue weighted by Crippen LogP contribution is -2.54. The molecule has 5 nitrogen and oxygen atoms in total. The highest BCUT2D eigenvalue weighted by Crippen LogP contribution is 2.18. The van der Waals surface area contributed by atoms with E-state index in [1.165, 1.54) is 4.31 Å². The summed E-state index contributed by atoms with van der Waals surface area (Å²) in [5.41, 5.74) is 5.43. The molecule has 1 saturated heterocycles. The molecule has 0 aliphatic carbocycles. The van der Waals surface area contributed by atoms with Crippen LogP contribution in [0.4, 0.5) is 0 Å². The van der Waals surface area contributed by atoms with Crippen LogP contribution < -0.4 is 10.5 Å². The van der Waals surface area contributed by atoms with Crippen LogP contribution in [0.5, 0.6) is 0 Å². The molecule has 96 valence electrons. The van der Waals surface area contributed by atoms with Gasteiger partial charge in [0.25, 0.3) is 10.2 Å². The summed E-state index contributed by atoms with van der Waals surface area (Å²) in [6.45, 7) is 8.52. The Morgan fingerprint density at radius 2 is 1.94 bits per heavy atom. The van der Waals surface area contributed by atoms with E-state index in [1.54, 1.807) is 0 Å². The van der Waals surface area contributed by atoms with Gasteiger partial charge in [-0.05, 0) is 33.1 Å². The number of nitrogens with one attached hydrogen (secondary N) is 1. The van der Waals surface area contributed by atoms with E-state index in [2.05, 4.69) is 4.72 Å². The first-order valence-corrected chi connectivity index (χ1v) is 7.10. The maximum atomic E-state index is 12.0. The fourth-order valence-corrected chi connectivity index (χ4v) is 3.48. The molecular formula is C10H23N3O2S. The minimum absolute atomic E-state index is 0.112. The summed E-state index contributed by atoms with van der Waals surface area (Å²) >= 11 is 0. The first kappa shape index (κ1) is 13.9. The van der Waals surface area contributed by atoms with Crippen molar-refractivity contribution in [3.8, 4) is 0 Å². The summed E-state index contributed by atoms with van der Waals surface area (Å²) in [6, 6.07) is 0.112. The SMILES string of the molecule is CC1CN(S(=O)(=O)NC(C)(C)C)CCC1N. The second-order valence-corrected chi connectivity index (χ2v) is 7.32. The lowest BCUT2D eigenvalue weighted by molar-refractivity contribution is 0.245. The van der Waals surface area contributed by atoms with Gasteiger partial charge in [-0.25, -0.2) is 0 Å². The number of piperidine rings is 1. The van der Waals surface area contributed by atoms with Gasteiger partial charge in [-0.3, -0.25) is 0 Å². The van der Waals surface area contributed by atoms with Crippen LogP contribution >= 0.6 is 0 Å². The van der Waals surface area contributed by atoms with Gasteiger partial charge in [0.15, 0.2) is 0 Å². The summed E-state index contributed by atoms with van der Waals surface area (Å²) < 4.78 is 28.2. The predicted octanol–water partition coefficient (Wildman–Crippen LogP) is 0.288. The molecule has 0 spiro atoms. The minimum atomic E-state index is -3.37. The zero-order valence-corrected chi connectivity index (χ0v) is 11.3. The molecule has 1 aliphatic rings. The summed E-state index contributed by atoms with van der Waals surface area (Å²) in [7, 11) is -3.37. The van der Waals surface area contributed by atoms with Crippen molar-refractivity contribution >= 4 is 10.2 Å². The number of nitrogens with two attached hydrogens (primary N) is 1. The molecule has 1 aliphatic heterocycles. The molecule has 0 aromatic carbocycles. The zero-order valence-electron chi connectivity index (χ0n) is 10.5. The van der Waals surface area contributed by atoms with E-state index in [9.17, 15) is 8.42 Å². The van der Waals surface area contributed by atoms with Crippen molar-refractivity contribution in [3.05, 3.63) is 0 Å². The Kier molecular flexibility index (Phi) is 3.99. The van der Waals surface area contributed by atoms with Crippen molar-refractivity contribution in [3.63, 3.8) is 0 Å². The highest BCUT2D eigenvalue weighted by molar-refractivity contribution is 7.87. The largest absolute Gasteiger partial charge is 0.327 e. The fourth-order valence-electron chi connectivity index (χ4n) is 1.80. The Morgan fingerprint density at radius 1 is 1.38 bits per heavy atom. The summed E-state index contributed by atoms with van der Waals surface area (Å²) in [5.74, 6) is 0.213. The van der Waals surface area contributed by atoms with Crippen LogP contribution in [0.1, 0.15) is 34.1 Å². The fraction of sp³-hybridized carbons (Fsp3) is 1.00. The van der Waals surface area contributed by atoms with E-state index < -0.39 is 15.7 Å². The Bertz CT molecular complexity index is 334. The first-order valence-electron chi connectivity index (χ1n) is 5.66. The van der Waals surface area contributed by atoms with Crippen LogP contribution in [0.25, 0.3) is 0 Å². The van der Waals surface area contributed by atoms with Gasteiger partial charge >= 0.3 is 0 Å². The van der Waals surface area contributed by atoms with Crippen molar-refractivity contribution in [2.24, 2.45) is 11.7 Å². The molecule has 0 radical (unpaired) electrons. The summed E-state index contributed by atoms with van der Waals surface area (Å²) in [6.07, 6.45) is 0.728. The van der Waals surface area contributed by atoms with E-state index in [0.29, 0.717) is 13.1 Å². The summed E-state index contributed by atoms with van der Waals surface area (Å²) in [4.78, 5) is 0. The third-order valence-electron chi connectivity index (χ3n) is 2.71.